The molecule has 1 N–H and O–H groups in total. The lowest BCUT2D eigenvalue weighted by Gasteiger charge is -2.13. The third-order valence-electron chi connectivity index (χ3n) is 5.09. The van der Waals surface area contributed by atoms with Gasteiger partial charge in [-0.1, -0.05) is 25.7 Å². The van der Waals surface area contributed by atoms with Crippen molar-refractivity contribution in [2.24, 2.45) is 5.92 Å². The minimum absolute atomic E-state index is 0.0260. The second kappa shape index (κ2) is 8.08. The molecular formula is C18H25NO5S2. The summed E-state index contributed by atoms with van der Waals surface area (Å²) in [6.07, 6.45) is 6.43. The van der Waals surface area contributed by atoms with E-state index in [4.69, 9.17) is 4.74 Å². The second-order valence-electron chi connectivity index (χ2n) is 7.01. The van der Waals surface area contributed by atoms with Crippen molar-refractivity contribution in [2.45, 2.75) is 57.6 Å². The molecule has 144 valence electrons. The molecule has 0 saturated heterocycles. The standard InChI is InChI=1S/C18H25NO5S2/c1-2-24-18(21)16-13-9-10-26(22,23)11-14(13)25-17(16)19-15(20)8-7-12-5-3-4-6-12/h12H,2-11H2,1H3,(H,19,20). The van der Waals surface area contributed by atoms with Crippen molar-refractivity contribution in [3.63, 3.8) is 0 Å². The second-order valence-corrected chi connectivity index (χ2v) is 10.3. The van der Waals surface area contributed by atoms with Crippen molar-refractivity contribution in [3.05, 3.63) is 16.0 Å². The number of fused-ring (bicyclic) bond motifs is 1. The Bertz CT molecular complexity index is 791. The predicted molar refractivity (Wildman–Crippen MR) is 101 cm³/mol. The number of sulfone groups is 1. The molecule has 1 aliphatic heterocycles. The summed E-state index contributed by atoms with van der Waals surface area (Å²) >= 11 is 1.19. The average Bonchev–Trinajstić information content (AvgIpc) is 3.19. The molecule has 8 heteroatoms. The van der Waals surface area contributed by atoms with Gasteiger partial charge < -0.3 is 10.1 Å². The number of nitrogens with one attached hydrogen (secondary N) is 1. The molecule has 1 saturated carbocycles. The highest BCUT2D eigenvalue weighted by Crippen LogP contribution is 2.38. The quantitative estimate of drug-likeness (QED) is 0.741. The summed E-state index contributed by atoms with van der Waals surface area (Å²) in [6.45, 7) is 1.96. The molecule has 6 nitrogen and oxygen atoms in total. The number of hydrogen-bond acceptors (Lipinski definition) is 6. The number of rotatable bonds is 6. The minimum Gasteiger partial charge on any atom is -0.462 e. The van der Waals surface area contributed by atoms with Crippen LogP contribution in [0.4, 0.5) is 5.00 Å². The molecule has 0 spiro atoms. The lowest BCUT2D eigenvalue weighted by atomic mass is 10.0. The first-order chi connectivity index (χ1) is 12.4. The molecule has 1 fully saturated rings. The number of esters is 1. The molecule has 0 radical (unpaired) electrons. The molecule has 3 rings (SSSR count). The highest BCUT2D eigenvalue weighted by Gasteiger charge is 2.32. The van der Waals surface area contributed by atoms with Gasteiger partial charge in [-0.3, -0.25) is 4.79 Å². The Labute approximate surface area is 158 Å². The van der Waals surface area contributed by atoms with Crippen LogP contribution in [0, 0.1) is 5.92 Å². The summed E-state index contributed by atoms with van der Waals surface area (Å²) in [7, 11) is -3.14. The normalized spacial score (nSPS) is 19.1. The van der Waals surface area contributed by atoms with Crippen LogP contribution in [0.15, 0.2) is 0 Å². The highest BCUT2D eigenvalue weighted by molar-refractivity contribution is 7.90. The molecular weight excluding hydrogens is 374 g/mol. The van der Waals surface area contributed by atoms with Gasteiger partial charge in [0.15, 0.2) is 9.84 Å². The van der Waals surface area contributed by atoms with Crippen LogP contribution in [0.25, 0.3) is 0 Å². The van der Waals surface area contributed by atoms with E-state index in [0.717, 1.165) is 12.0 Å². The lowest BCUT2D eigenvalue weighted by Crippen LogP contribution is -2.20. The molecule has 1 aromatic rings. The molecule has 0 bridgehead atoms. The van der Waals surface area contributed by atoms with Crippen LogP contribution in [0.3, 0.4) is 0 Å². The SMILES string of the molecule is CCOC(=O)c1c(NC(=O)CCC2CCCC2)sc2c1CCS(=O)(=O)C2. The molecule has 1 aliphatic carbocycles. The summed E-state index contributed by atoms with van der Waals surface area (Å²) in [6, 6.07) is 0. The van der Waals surface area contributed by atoms with Gasteiger partial charge in [-0.2, -0.15) is 0 Å². The smallest absolute Gasteiger partial charge is 0.341 e. The van der Waals surface area contributed by atoms with Crippen LogP contribution in [-0.4, -0.2) is 32.7 Å². The Morgan fingerprint density at radius 3 is 2.69 bits per heavy atom. The zero-order chi connectivity index (χ0) is 18.7. The molecule has 2 heterocycles. The van der Waals surface area contributed by atoms with E-state index in [9.17, 15) is 18.0 Å². The maximum atomic E-state index is 12.4. The third-order valence-corrected chi connectivity index (χ3v) is 7.98. The summed E-state index contributed by atoms with van der Waals surface area (Å²) in [5, 5.41) is 3.27. The lowest BCUT2D eigenvalue weighted by molar-refractivity contribution is -0.116. The van der Waals surface area contributed by atoms with Crippen molar-refractivity contribution in [1.82, 2.24) is 0 Å². The zero-order valence-electron chi connectivity index (χ0n) is 15.0. The number of amides is 1. The van der Waals surface area contributed by atoms with Crippen LogP contribution >= 0.6 is 11.3 Å². The predicted octanol–water partition coefficient (Wildman–Crippen LogP) is 3.30. The van der Waals surface area contributed by atoms with E-state index in [-0.39, 0.29) is 24.0 Å². The van der Waals surface area contributed by atoms with Crippen molar-refractivity contribution in [3.8, 4) is 0 Å². The van der Waals surface area contributed by atoms with Gasteiger partial charge in [-0.15, -0.1) is 11.3 Å². The van der Waals surface area contributed by atoms with Gasteiger partial charge in [0, 0.05) is 11.3 Å². The van der Waals surface area contributed by atoms with E-state index in [2.05, 4.69) is 5.32 Å². The van der Waals surface area contributed by atoms with E-state index in [1.807, 2.05) is 0 Å². The van der Waals surface area contributed by atoms with Crippen LogP contribution < -0.4 is 5.32 Å². The fourth-order valence-electron chi connectivity index (χ4n) is 3.75. The van der Waals surface area contributed by atoms with E-state index in [0.29, 0.717) is 34.2 Å². The Morgan fingerprint density at radius 1 is 1.27 bits per heavy atom. The summed E-state index contributed by atoms with van der Waals surface area (Å²) in [5.74, 6) is -0.0403. The van der Waals surface area contributed by atoms with Crippen molar-refractivity contribution >= 4 is 38.1 Å². The van der Waals surface area contributed by atoms with Gasteiger partial charge in [0.2, 0.25) is 5.91 Å². The van der Waals surface area contributed by atoms with Crippen molar-refractivity contribution in [1.29, 1.82) is 0 Å². The van der Waals surface area contributed by atoms with Crippen LogP contribution in [-0.2, 0) is 31.5 Å². The Kier molecular flexibility index (Phi) is 6.02. The van der Waals surface area contributed by atoms with Gasteiger partial charge in [0.25, 0.3) is 0 Å². The monoisotopic (exact) mass is 399 g/mol. The van der Waals surface area contributed by atoms with Gasteiger partial charge >= 0.3 is 5.97 Å². The third kappa shape index (κ3) is 4.46. The van der Waals surface area contributed by atoms with Crippen LogP contribution in [0.1, 0.15) is 66.2 Å². The molecule has 1 aromatic heterocycles. The molecule has 26 heavy (non-hydrogen) atoms. The number of carbonyl (C=O) groups is 2. The number of hydrogen-bond donors (Lipinski definition) is 1. The van der Waals surface area contributed by atoms with E-state index in [1.54, 1.807) is 6.92 Å². The summed E-state index contributed by atoms with van der Waals surface area (Å²) in [5.41, 5.74) is 1.06. The molecule has 0 unspecified atom stereocenters. The molecule has 2 aliphatic rings. The fraction of sp³-hybridized carbons (Fsp3) is 0.667. The zero-order valence-corrected chi connectivity index (χ0v) is 16.6. The van der Waals surface area contributed by atoms with E-state index in [1.165, 1.54) is 37.0 Å². The van der Waals surface area contributed by atoms with Crippen molar-refractivity contribution < 1.29 is 22.7 Å². The Morgan fingerprint density at radius 2 is 2.00 bits per heavy atom. The Balaban J connectivity index is 1.77. The van der Waals surface area contributed by atoms with E-state index >= 15 is 0 Å². The average molecular weight is 400 g/mol. The first kappa shape index (κ1) is 19.4. The topological polar surface area (TPSA) is 89.5 Å². The van der Waals surface area contributed by atoms with Crippen molar-refractivity contribution in [2.75, 3.05) is 17.7 Å². The minimum atomic E-state index is -3.14. The van der Waals surface area contributed by atoms with Gasteiger partial charge in [-0.25, -0.2) is 13.2 Å². The van der Waals surface area contributed by atoms with Gasteiger partial charge in [-0.05, 0) is 31.2 Å². The maximum Gasteiger partial charge on any atom is 0.341 e. The largest absolute Gasteiger partial charge is 0.462 e. The van der Waals surface area contributed by atoms with E-state index < -0.39 is 15.8 Å². The number of anilines is 1. The summed E-state index contributed by atoms with van der Waals surface area (Å²) < 4.78 is 28.9. The molecule has 0 aromatic carbocycles. The highest BCUT2D eigenvalue weighted by atomic mass is 32.2. The van der Waals surface area contributed by atoms with Gasteiger partial charge in [0.1, 0.15) is 5.00 Å². The number of ether oxygens (including phenoxy) is 1. The van der Waals surface area contributed by atoms with Gasteiger partial charge in [0.05, 0.1) is 23.7 Å². The summed E-state index contributed by atoms with van der Waals surface area (Å²) in [4.78, 5) is 25.4. The first-order valence-corrected chi connectivity index (χ1v) is 11.9. The molecule has 0 atom stereocenters. The number of carbonyl (C=O) groups excluding carboxylic acids is 2. The molecule has 1 amide bonds. The number of thiophene rings is 1. The Hall–Kier alpha value is -1.41. The maximum absolute atomic E-state index is 12.4. The van der Waals surface area contributed by atoms with Crippen LogP contribution in [0.2, 0.25) is 0 Å². The first-order valence-electron chi connectivity index (χ1n) is 9.21. The fourth-order valence-corrected chi connectivity index (χ4v) is 6.81. The van der Waals surface area contributed by atoms with Crippen LogP contribution in [0.5, 0.6) is 0 Å².